The Morgan fingerprint density at radius 3 is 2.59 bits per heavy atom. The van der Waals surface area contributed by atoms with Crippen LogP contribution in [0.15, 0.2) is 54.7 Å². The molecule has 13 nitrogen and oxygen atoms in total. The fraction of sp³-hybridized carbons (Fsp3) is 0.333. The van der Waals surface area contributed by atoms with E-state index < -0.39 is 23.8 Å². The van der Waals surface area contributed by atoms with Crippen LogP contribution in [0.3, 0.4) is 0 Å². The van der Waals surface area contributed by atoms with Crippen molar-refractivity contribution in [3.63, 3.8) is 0 Å². The number of aromatic nitrogens is 7. The number of benzene rings is 2. The highest BCUT2D eigenvalue weighted by Crippen LogP contribution is 2.36. The summed E-state index contributed by atoms with van der Waals surface area (Å²) in [7, 11) is 4.86. The first-order valence-corrected chi connectivity index (χ1v) is 16.6. The predicted molar refractivity (Wildman–Crippen MR) is 187 cm³/mol. The van der Waals surface area contributed by atoms with Crippen molar-refractivity contribution >= 4 is 39.6 Å². The highest BCUT2D eigenvalue weighted by atomic mass is 19.1. The van der Waals surface area contributed by atoms with Gasteiger partial charge in [0.2, 0.25) is 5.91 Å². The number of aryl methyl sites for hydroxylation is 2. The summed E-state index contributed by atoms with van der Waals surface area (Å²) < 4.78 is 44.1. The molecule has 6 aromatic rings. The average molecular weight is 695 g/mol. The van der Waals surface area contributed by atoms with E-state index in [0.717, 1.165) is 5.52 Å². The maximum absolute atomic E-state index is 15.0. The molecule has 1 amide bonds. The maximum atomic E-state index is 15.0. The molecular weight excluding hydrogens is 658 g/mol. The zero-order chi connectivity index (χ0) is 35.6. The molecule has 1 fully saturated rings. The first-order chi connectivity index (χ1) is 24.6. The SMILES string of the molecule is COc1cc(F)ccc1-n1ncc2c(N3C[C@@H]4C[C@H]3C(=O)N(C)C[C@H](OC)Cn3c(C)nc5cc(F)cc(c53)-c3cccc(n3)N4)nc(C)nc21. The number of methoxy groups -OCH3 is 2. The highest BCUT2D eigenvalue weighted by molar-refractivity contribution is 5.94. The Labute approximate surface area is 291 Å². The van der Waals surface area contributed by atoms with Gasteiger partial charge in [-0.05, 0) is 50.6 Å². The molecule has 6 heterocycles. The third-order valence-corrected chi connectivity index (χ3v) is 9.70. The van der Waals surface area contributed by atoms with Crippen molar-refractivity contribution in [2.75, 3.05) is 44.6 Å². The third-order valence-electron chi connectivity index (χ3n) is 9.70. The minimum Gasteiger partial charge on any atom is -0.494 e. The lowest BCUT2D eigenvalue weighted by Gasteiger charge is -2.31. The summed E-state index contributed by atoms with van der Waals surface area (Å²) in [5.74, 6) is 1.65. The summed E-state index contributed by atoms with van der Waals surface area (Å²) in [5.41, 5.74) is 3.47. The van der Waals surface area contributed by atoms with E-state index in [-0.39, 0.29) is 11.9 Å². The van der Waals surface area contributed by atoms with Crippen LogP contribution in [-0.2, 0) is 16.1 Å². The molecule has 2 aliphatic rings. The number of rotatable bonds is 4. The van der Waals surface area contributed by atoms with Crippen molar-refractivity contribution in [1.29, 1.82) is 0 Å². The van der Waals surface area contributed by atoms with E-state index in [1.54, 1.807) is 42.9 Å². The fourth-order valence-electron chi connectivity index (χ4n) is 7.33. The molecule has 0 spiro atoms. The molecule has 0 saturated carbocycles. The summed E-state index contributed by atoms with van der Waals surface area (Å²) >= 11 is 0. The van der Waals surface area contributed by atoms with Crippen LogP contribution in [0.5, 0.6) is 5.75 Å². The van der Waals surface area contributed by atoms with E-state index in [1.165, 1.54) is 31.4 Å². The molecule has 0 radical (unpaired) electrons. The van der Waals surface area contributed by atoms with Crippen LogP contribution < -0.4 is 15.0 Å². The number of carbonyl (C=O) groups excluding carboxylic acids is 1. The van der Waals surface area contributed by atoms with Crippen molar-refractivity contribution in [1.82, 2.24) is 39.2 Å². The Bertz CT molecular complexity index is 2320. The van der Waals surface area contributed by atoms with Gasteiger partial charge in [-0.2, -0.15) is 5.10 Å². The smallest absolute Gasteiger partial charge is 0.245 e. The highest BCUT2D eigenvalue weighted by Gasteiger charge is 2.41. The first-order valence-electron chi connectivity index (χ1n) is 16.6. The molecule has 0 aliphatic carbocycles. The van der Waals surface area contributed by atoms with Crippen LogP contribution in [0.1, 0.15) is 18.1 Å². The van der Waals surface area contributed by atoms with Crippen molar-refractivity contribution < 1.29 is 23.0 Å². The monoisotopic (exact) mass is 694 g/mol. The number of carbonyl (C=O) groups is 1. The van der Waals surface area contributed by atoms with E-state index in [1.807, 2.05) is 34.6 Å². The lowest BCUT2D eigenvalue weighted by atomic mass is 10.1. The van der Waals surface area contributed by atoms with Crippen molar-refractivity contribution in [2.45, 2.75) is 45.0 Å². The number of hydrogen-bond donors (Lipinski definition) is 1. The molecule has 8 rings (SSSR count). The van der Waals surface area contributed by atoms with E-state index in [4.69, 9.17) is 24.4 Å². The normalized spacial score (nSPS) is 19.4. The van der Waals surface area contributed by atoms with Gasteiger partial charge in [0.05, 0.1) is 48.1 Å². The second-order valence-corrected chi connectivity index (χ2v) is 13.0. The largest absolute Gasteiger partial charge is 0.494 e. The Kier molecular flexibility index (Phi) is 8.01. The molecule has 1 N–H and O–H groups in total. The van der Waals surface area contributed by atoms with Gasteiger partial charge < -0.3 is 29.2 Å². The van der Waals surface area contributed by atoms with Crippen LogP contribution in [0.2, 0.25) is 0 Å². The summed E-state index contributed by atoms with van der Waals surface area (Å²) in [5, 5.41) is 8.78. The molecule has 262 valence electrons. The Hall–Kier alpha value is -5.70. The number of fused-ring (bicyclic) bond motifs is 6. The van der Waals surface area contributed by atoms with E-state index in [0.29, 0.717) is 88.6 Å². The van der Waals surface area contributed by atoms with Gasteiger partial charge in [-0.1, -0.05) is 6.07 Å². The number of likely N-dealkylation sites (N-methyl/N-ethyl adjacent to an activating group) is 1. The summed E-state index contributed by atoms with van der Waals surface area (Å²) in [6.07, 6.45) is 1.70. The minimum absolute atomic E-state index is 0.107. The molecule has 4 bridgehead atoms. The van der Waals surface area contributed by atoms with E-state index >= 15 is 0 Å². The van der Waals surface area contributed by atoms with Gasteiger partial charge >= 0.3 is 0 Å². The molecule has 51 heavy (non-hydrogen) atoms. The third kappa shape index (κ3) is 5.66. The van der Waals surface area contributed by atoms with Gasteiger partial charge in [-0.15, -0.1) is 0 Å². The van der Waals surface area contributed by atoms with Gasteiger partial charge in [0.15, 0.2) is 5.65 Å². The predicted octanol–water partition coefficient (Wildman–Crippen LogP) is 4.68. The quantitative estimate of drug-likeness (QED) is 0.278. The molecule has 15 heteroatoms. The summed E-state index contributed by atoms with van der Waals surface area (Å²) in [4.78, 5) is 37.3. The van der Waals surface area contributed by atoms with Gasteiger partial charge in [-0.3, -0.25) is 4.79 Å². The minimum atomic E-state index is -0.604. The Balaban J connectivity index is 1.24. The van der Waals surface area contributed by atoms with Gasteiger partial charge in [-0.25, -0.2) is 33.4 Å². The van der Waals surface area contributed by atoms with Gasteiger partial charge in [0.25, 0.3) is 0 Å². The average Bonchev–Trinajstić information content (AvgIpc) is 3.81. The van der Waals surface area contributed by atoms with Gasteiger partial charge in [0.1, 0.15) is 52.4 Å². The van der Waals surface area contributed by atoms with Gasteiger partial charge in [0, 0.05) is 51.0 Å². The summed E-state index contributed by atoms with van der Waals surface area (Å²) in [6, 6.07) is 11.9. The number of amides is 1. The molecular formula is C36H36F2N10O3. The van der Waals surface area contributed by atoms with Crippen molar-refractivity contribution in [3.05, 3.63) is 78.0 Å². The number of nitrogens with one attached hydrogen (secondary N) is 1. The number of anilines is 2. The Morgan fingerprint density at radius 1 is 0.941 bits per heavy atom. The zero-order valence-electron chi connectivity index (χ0n) is 28.8. The standard InChI is InChI=1S/C36H36F2N10O3/c1-19-40-34(26-15-39-48(35(26)41-19)29-10-9-21(37)13-31(29)51-5)47-16-23-14-30(47)36(49)45(3)17-24(50-4)18-46-20(2)42-28-12-22(38)11-25(33(28)46)27-7-6-8-32(43-23)44-27/h6-13,15,23-24,30H,14,16-18H2,1-5H3,(H,43,44)/t23-,24-,30-/m0/s1. The fourth-order valence-corrected chi connectivity index (χ4v) is 7.33. The number of nitrogens with zero attached hydrogens (tertiary/aromatic N) is 9. The molecule has 1 saturated heterocycles. The Morgan fingerprint density at radius 2 is 1.78 bits per heavy atom. The van der Waals surface area contributed by atoms with Crippen LogP contribution >= 0.6 is 0 Å². The van der Waals surface area contributed by atoms with Crippen LogP contribution in [0.4, 0.5) is 20.4 Å². The summed E-state index contributed by atoms with van der Waals surface area (Å²) in [6.45, 7) is 4.74. The van der Waals surface area contributed by atoms with E-state index in [9.17, 15) is 13.6 Å². The zero-order valence-corrected chi connectivity index (χ0v) is 28.8. The number of hydrogen-bond acceptors (Lipinski definition) is 10. The van der Waals surface area contributed by atoms with Crippen molar-refractivity contribution in [2.24, 2.45) is 0 Å². The first kappa shape index (κ1) is 32.5. The van der Waals surface area contributed by atoms with Crippen LogP contribution in [0, 0.1) is 25.5 Å². The van der Waals surface area contributed by atoms with Crippen LogP contribution in [0.25, 0.3) is 39.0 Å². The maximum Gasteiger partial charge on any atom is 0.245 e. The number of ether oxygens (including phenoxy) is 2. The number of pyridine rings is 1. The number of halogens is 2. The van der Waals surface area contributed by atoms with E-state index in [2.05, 4.69) is 15.4 Å². The lowest BCUT2D eigenvalue weighted by Crippen LogP contribution is -2.47. The number of imidazole rings is 1. The second kappa shape index (κ2) is 12.6. The van der Waals surface area contributed by atoms with Crippen LogP contribution in [-0.4, -0.2) is 97.6 Å². The topological polar surface area (TPSA) is 128 Å². The lowest BCUT2D eigenvalue weighted by molar-refractivity contribution is -0.132. The second-order valence-electron chi connectivity index (χ2n) is 13.0. The molecule has 2 aromatic carbocycles. The molecule has 0 unspecified atom stereocenters. The molecule has 3 atom stereocenters. The molecule has 2 aliphatic heterocycles. The molecule has 4 aromatic heterocycles. The van der Waals surface area contributed by atoms with Crippen molar-refractivity contribution in [3.8, 4) is 22.7 Å².